The predicted octanol–water partition coefficient (Wildman–Crippen LogP) is 2.10. The van der Waals surface area contributed by atoms with Crippen molar-refractivity contribution < 1.29 is 27.4 Å². The zero-order valence-corrected chi connectivity index (χ0v) is 15.1. The fourth-order valence-electron chi connectivity index (χ4n) is 3.08. The van der Waals surface area contributed by atoms with Gasteiger partial charge >= 0.3 is 6.18 Å². The Balaban J connectivity index is 1.82. The number of amides is 1. The lowest BCUT2D eigenvalue weighted by molar-refractivity contribution is -0.202. The van der Waals surface area contributed by atoms with Crippen molar-refractivity contribution >= 4 is 16.9 Å². The summed E-state index contributed by atoms with van der Waals surface area (Å²) in [6, 6.07) is 4.09. The SMILES string of the molecule is COc1ccc2ncc(OC(CN3CC[CH]CC3C(N)=O)C(F)(F)F)nc2c1. The van der Waals surface area contributed by atoms with Gasteiger partial charge in [-0.3, -0.25) is 9.69 Å². The molecule has 2 heterocycles. The Morgan fingerprint density at radius 3 is 2.86 bits per heavy atom. The summed E-state index contributed by atoms with van der Waals surface area (Å²) in [5.41, 5.74) is 6.17. The number of halogens is 3. The molecule has 1 aromatic carbocycles. The third kappa shape index (κ3) is 4.61. The molecule has 151 valence electrons. The number of likely N-dealkylation sites (tertiary alicyclic amines) is 1. The van der Waals surface area contributed by atoms with E-state index in [0.29, 0.717) is 36.2 Å². The van der Waals surface area contributed by atoms with Crippen molar-refractivity contribution in [3.05, 3.63) is 30.8 Å². The maximum Gasteiger partial charge on any atom is 0.426 e. The van der Waals surface area contributed by atoms with Crippen molar-refractivity contribution in [3.63, 3.8) is 0 Å². The molecule has 1 radical (unpaired) electrons. The van der Waals surface area contributed by atoms with E-state index in [2.05, 4.69) is 9.97 Å². The second-order valence-electron chi connectivity index (χ2n) is 6.44. The molecule has 0 aliphatic carbocycles. The third-order valence-corrected chi connectivity index (χ3v) is 4.54. The lowest BCUT2D eigenvalue weighted by Crippen LogP contribution is -2.54. The molecule has 10 heteroatoms. The summed E-state index contributed by atoms with van der Waals surface area (Å²) in [5, 5.41) is 0. The van der Waals surface area contributed by atoms with Gasteiger partial charge < -0.3 is 15.2 Å². The number of hydrogen-bond donors (Lipinski definition) is 1. The summed E-state index contributed by atoms with van der Waals surface area (Å²) in [4.78, 5) is 21.1. The molecule has 2 atom stereocenters. The molecule has 7 nitrogen and oxygen atoms in total. The van der Waals surface area contributed by atoms with Crippen LogP contribution in [-0.4, -0.2) is 59.3 Å². The first kappa shape index (κ1) is 20.1. The first-order valence-electron chi connectivity index (χ1n) is 8.67. The minimum Gasteiger partial charge on any atom is -0.497 e. The van der Waals surface area contributed by atoms with Crippen LogP contribution >= 0.6 is 0 Å². The van der Waals surface area contributed by atoms with Crippen molar-refractivity contribution in [3.8, 4) is 11.6 Å². The minimum atomic E-state index is -4.66. The number of fused-ring (bicyclic) bond motifs is 1. The van der Waals surface area contributed by atoms with E-state index < -0.39 is 30.8 Å². The second-order valence-corrected chi connectivity index (χ2v) is 6.44. The van der Waals surface area contributed by atoms with Crippen molar-refractivity contribution in [2.45, 2.75) is 31.2 Å². The van der Waals surface area contributed by atoms with Crippen LogP contribution < -0.4 is 15.2 Å². The van der Waals surface area contributed by atoms with Gasteiger partial charge in [0, 0.05) is 12.6 Å². The number of aromatic nitrogens is 2. The smallest absolute Gasteiger partial charge is 0.426 e. The average Bonchev–Trinajstić information content (AvgIpc) is 2.66. The number of primary amides is 1. The first-order chi connectivity index (χ1) is 13.3. The molecule has 0 bridgehead atoms. The van der Waals surface area contributed by atoms with Crippen molar-refractivity contribution in [2.75, 3.05) is 20.2 Å². The fraction of sp³-hybridized carbons (Fsp3) is 0.444. The van der Waals surface area contributed by atoms with Crippen LogP contribution in [0.15, 0.2) is 24.4 Å². The van der Waals surface area contributed by atoms with Gasteiger partial charge in [0.05, 0.1) is 30.4 Å². The molecule has 1 fully saturated rings. The number of hydrogen-bond acceptors (Lipinski definition) is 6. The zero-order chi connectivity index (χ0) is 20.3. The summed E-state index contributed by atoms with van der Waals surface area (Å²) >= 11 is 0. The summed E-state index contributed by atoms with van der Waals surface area (Å²) in [6.45, 7) is -0.229. The van der Waals surface area contributed by atoms with Crippen LogP contribution in [0.1, 0.15) is 12.8 Å². The Hall–Kier alpha value is -2.62. The van der Waals surface area contributed by atoms with Gasteiger partial charge in [0.15, 0.2) is 0 Å². The number of nitrogens with zero attached hydrogens (tertiary/aromatic N) is 3. The number of methoxy groups -OCH3 is 1. The Labute approximate surface area is 159 Å². The predicted molar refractivity (Wildman–Crippen MR) is 94.7 cm³/mol. The number of alkyl halides is 3. The molecule has 1 saturated heterocycles. The van der Waals surface area contributed by atoms with Gasteiger partial charge in [0.25, 0.3) is 0 Å². The van der Waals surface area contributed by atoms with Crippen molar-refractivity contribution in [2.24, 2.45) is 5.73 Å². The van der Waals surface area contributed by atoms with Crippen LogP contribution in [0.4, 0.5) is 13.2 Å². The maximum absolute atomic E-state index is 13.6. The first-order valence-corrected chi connectivity index (χ1v) is 8.67. The number of nitrogens with two attached hydrogens (primary N) is 1. The Kier molecular flexibility index (Phi) is 5.87. The van der Waals surface area contributed by atoms with Gasteiger partial charge in [-0.2, -0.15) is 13.2 Å². The van der Waals surface area contributed by atoms with E-state index in [1.54, 1.807) is 18.2 Å². The van der Waals surface area contributed by atoms with Gasteiger partial charge in [-0.25, -0.2) is 9.97 Å². The molecule has 1 aromatic heterocycles. The minimum absolute atomic E-state index is 0.262. The monoisotopic (exact) mass is 397 g/mol. The molecule has 0 saturated carbocycles. The van der Waals surface area contributed by atoms with E-state index in [4.69, 9.17) is 15.2 Å². The lowest BCUT2D eigenvalue weighted by atomic mass is 10.0. The summed E-state index contributed by atoms with van der Waals surface area (Å²) in [5.74, 6) is -0.420. The molecule has 1 aliphatic rings. The fourth-order valence-corrected chi connectivity index (χ4v) is 3.08. The Bertz CT molecular complexity index is 846. The van der Waals surface area contributed by atoms with E-state index in [-0.39, 0.29) is 5.88 Å². The lowest BCUT2D eigenvalue weighted by Gasteiger charge is -2.36. The highest BCUT2D eigenvalue weighted by Gasteiger charge is 2.44. The largest absolute Gasteiger partial charge is 0.497 e. The highest BCUT2D eigenvalue weighted by atomic mass is 19.4. The van der Waals surface area contributed by atoms with Gasteiger partial charge in [-0.1, -0.05) is 0 Å². The molecule has 2 unspecified atom stereocenters. The molecule has 1 amide bonds. The summed E-state index contributed by atoms with van der Waals surface area (Å²) in [7, 11) is 1.47. The number of ether oxygens (including phenoxy) is 2. The standard InChI is InChI=1S/C18H20F3N4O3/c1-27-11-5-6-12-13(8-11)24-16(9-23-12)28-15(18(19,20)21)10-25-7-3-2-4-14(25)17(22)26/h2,5-6,8-9,14-15H,3-4,7,10H2,1H3,(H2,22,26). The molecule has 3 rings (SSSR count). The van der Waals surface area contributed by atoms with E-state index >= 15 is 0 Å². The van der Waals surface area contributed by atoms with Crippen LogP contribution in [-0.2, 0) is 4.79 Å². The molecule has 1 aliphatic heterocycles. The second kappa shape index (κ2) is 8.17. The highest BCUT2D eigenvalue weighted by Crippen LogP contribution is 2.28. The average molecular weight is 397 g/mol. The topological polar surface area (TPSA) is 90.6 Å². The van der Waals surface area contributed by atoms with Gasteiger partial charge in [-0.15, -0.1) is 0 Å². The van der Waals surface area contributed by atoms with E-state index in [9.17, 15) is 18.0 Å². The van der Waals surface area contributed by atoms with Crippen LogP contribution in [0.5, 0.6) is 11.6 Å². The number of carbonyl (C=O) groups is 1. The number of benzene rings is 1. The van der Waals surface area contributed by atoms with Crippen LogP contribution in [0.2, 0.25) is 0 Å². The van der Waals surface area contributed by atoms with Gasteiger partial charge in [0.1, 0.15) is 5.75 Å². The van der Waals surface area contributed by atoms with Crippen LogP contribution in [0, 0.1) is 6.42 Å². The molecule has 2 N–H and O–H groups in total. The van der Waals surface area contributed by atoms with Gasteiger partial charge in [-0.05, 0) is 37.9 Å². The Morgan fingerprint density at radius 1 is 1.39 bits per heavy atom. The van der Waals surface area contributed by atoms with E-state index in [1.807, 2.05) is 6.42 Å². The molecular formula is C18H20F3N4O3. The van der Waals surface area contributed by atoms with Crippen molar-refractivity contribution in [1.82, 2.24) is 14.9 Å². The summed E-state index contributed by atoms with van der Waals surface area (Å²) < 4.78 is 51.0. The number of piperidine rings is 1. The molecule has 2 aromatic rings. The molecular weight excluding hydrogens is 377 g/mol. The summed E-state index contributed by atoms with van der Waals surface area (Å²) in [6.07, 6.45) is -2.96. The number of carbonyl (C=O) groups excluding carboxylic acids is 1. The van der Waals surface area contributed by atoms with Crippen LogP contribution in [0.25, 0.3) is 11.0 Å². The normalized spacial score (nSPS) is 19.4. The quantitative estimate of drug-likeness (QED) is 0.803. The van der Waals surface area contributed by atoms with Crippen molar-refractivity contribution in [1.29, 1.82) is 0 Å². The van der Waals surface area contributed by atoms with E-state index in [0.717, 1.165) is 6.20 Å². The zero-order valence-electron chi connectivity index (χ0n) is 15.1. The third-order valence-electron chi connectivity index (χ3n) is 4.54. The van der Waals surface area contributed by atoms with Gasteiger partial charge in [0.2, 0.25) is 17.9 Å². The van der Waals surface area contributed by atoms with Crippen LogP contribution in [0.3, 0.4) is 0 Å². The Morgan fingerprint density at radius 2 is 2.18 bits per heavy atom. The molecule has 28 heavy (non-hydrogen) atoms. The van der Waals surface area contributed by atoms with E-state index in [1.165, 1.54) is 12.0 Å². The maximum atomic E-state index is 13.6. The molecule has 0 spiro atoms. The highest BCUT2D eigenvalue weighted by molar-refractivity contribution is 5.80. The number of rotatable bonds is 6.